The normalized spacial score (nSPS) is 19.1. The molecule has 1 aromatic rings. The Balaban J connectivity index is 2.13. The second-order valence-corrected chi connectivity index (χ2v) is 7.18. The highest BCUT2D eigenvalue weighted by Crippen LogP contribution is 2.30. The van der Waals surface area contributed by atoms with Crippen LogP contribution in [0.5, 0.6) is 0 Å². The van der Waals surface area contributed by atoms with Crippen LogP contribution < -0.4 is 0 Å². The predicted molar refractivity (Wildman–Crippen MR) is 74.4 cm³/mol. The molecule has 1 aliphatic heterocycles. The van der Waals surface area contributed by atoms with Gasteiger partial charge >= 0.3 is 0 Å². The largest absolute Gasteiger partial charge is 0.387 e. The van der Waals surface area contributed by atoms with Crippen molar-refractivity contribution >= 4 is 10.0 Å². The van der Waals surface area contributed by atoms with Crippen LogP contribution in [0.4, 0.5) is 0 Å². The fourth-order valence-corrected chi connectivity index (χ4v) is 3.87. The molecule has 0 saturated carbocycles. The second-order valence-electron chi connectivity index (χ2n) is 5.24. The van der Waals surface area contributed by atoms with Crippen molar-refractivity contribution in [3.8, 4) is 0 Å². The van der Waals surface area contributed by atoms with Crippen molar-refractivity contribution in [1.82, 2.24) is 4.31 Å². The van der Waals surface area contributed by atoms with Crippen molar-refractivity contribution < 1.29 is 13.5 Å². The average molecular weight is 283 g/mol. The molecular formula is C14H21NO3S. The van der Waals surface area contributed by atoms with Gasteiger partial charge in [0.05, 0.1) is 10.5 Å². The highest BCUT2D eigenvalue weighted by atomic mass is 32.2. The molecule has 1 saturated heterocycles. The Bertz CT molecular complexity index is 530. The highest BCUT2D eigenvalue weighted by Gasteiger charge is 2.45. The van der Waals surface area contributed by atoms with Crippen molar-refractivity contribution in [3.05, 3.63) is 29.8 Å². The number of β-amino-alcohol motifs (C(OH)–C–C–N with tert-alkyl or cyclic N) is 1. The zero-order valence-electron chi connectivity index (χ0n) is 11.5. The Labute approximate surface area is 115 Å². The van der Waals surface area contributed by atoms with Gasteiger partial charge in [0.2, 0.25) is 10.0 Å². The minimum absolute atomic E-state index is 0.197. The first-order valence-corrected chi connectivity index (χ1v) is 8.17. The third-order valence-corrected chi connectivity index (χ3v) is 5.51. The van der Waals surface area contributed by atoms with E-state index in [2.05, 4.69) is 6.92 Å². The summed E-state index contributed by atoms with van der Waals surface area (Å²) in [6.07, 6.45) is 2.58. The molecule has 0 aromatic heterocycles. The summed E-state index contributed by atoms with van der Waals surface area (Å²) in [5.41, 5.74) is 0.310. The smallest absolute Gasteiger partial charge is 0.243 e. The van der Waals surface area contributed by atoms with Crippen LogP contribution in [0, 0.1) is 0 Å². The standard InChI is InChI=1S/C14H21NO3S/c1-3-5-12-6-8-13(9-7-12)19(17,18)15-10-14(16,4-2)11-15/h6-9,16H,3-5,10-11H2,1-2H3. The zero-order valence-corrected chi connectivity index (χ0v) is 12.3. The monoisotopic (exact) mass is 283 g/mol. The Kier molecular flexibility index (Phi) is 3.99. The van der Waals surface area contributed by atoms with Gasteiger partial charge in [0.15, 0.2) is 0 Å². The van der Waals surface area contributed by atoms with Crippen LogP contribution in [0.15, 0.2) is 29.2 Å². The molecule has 1 aliphatic rings. The van der Waals surface area contributed by atoms with E-state index in [1.807, 2.05) is 19.1 Å². The lowest BCUT2D eigenvalue weighted by atomic mass is 9.94. The van der Waals surface area contributed by atoms with E-state index in [-0.39, 0.29) is 13.1 Å². The molecule has 106 valence electrons. The van der Waals surface area contributed by atoms with Crippen LogP contribution in [0.25, 0.3) is 0 Å². The molecular weight excluding hydrogens is 262 g/mol. The van der Waals surface area contributed by atoms with E-state index in [0.29, 0.717) is 11.3 Å². The van der Waals surface area contributed by atoms with Gasteiger partial charge in [-0.05, 0) is 30.5 Å². The SMILES string of the molecule is CCCc1ccc(S(=O)(=O)N2CC(O)(CC)C2)cc1. The summed E-state index contributed by atoms with van der Waals surface area (Å²) >= 11 is 0. The van der Waals surface area contributed by atoms with Crippen LogP contribution in [0.1, 0.15) is 32.3 Å². The van der Waals surface area contributed by atoms with Crippen LogP contribution in [-0.4, -0.2) is 36.5 Å². The van der Waals surface area contributed by atoms with E-state index in [1.54, 1.807) is 12.1 Å². The number of rotatable bonds is 5. The summed E-state index contributed by atoms with van der Waals surface area (Å²) in [7, 11) is -3.44. The molecule has 1 aromatic carbocycles. The number of benzene rings is 1. The summed E-state index contributed by atoms with van der Waals surface area (Å²) < 4.78 is 25.9. The predicted octanol–water partition coefficient (Wildman–Crippen LogP) is 1.78. The average Bonchev–Trinajstić information content (AvgIpc) is 2.36. The van der Waals surface area contributed by atoms with E-state index in [9.17, 15) is 13.5 Å². The lowest BCUT2D eigenvalue weighted by Gasteiger charge is -2.44. The van der Waals surface area contributed by atoms with Crippen molar-refractivity contribution in [3.63, 3.8) is 0 Å². The quantitative estimate of drug-likeness (QED) is 0.896. The molecule has 2 rings (SSSR count). The van der Waals surface area contributed by atoms with Gasteiger partial charge in [-0.25, -0.2) is 8.42 Å². The number of sulfonamides is 1. The fourth-order valence-electron chi connectivity index (χ4n) is 2.27. The van der Waals surface area contributed by atoms with Gasteiger partial charge < -0.3 is 5.11 Å². The molecule has 19 heavy (non-hydrogen) atoms. The summed E-state index contributed by atoms with van der Waals surface area (Å²) in [5.74, 6) is 0. The number of aryl methyl sites for hydroxylation is 1. The molecule has 1 fully saturated rings. The molecule has 0 atom stereocenters. The van der Waals surface area contributed by atoms with Gasteiger partial charge in [0, 0.05) is 13.1 Å². The highest BCUT2D eigenvalue weighted by molar-refractivity contribution is 7.89. The summed E-state index contributed by atoms with van der Waals surface area (Å²) in [4.78, 5) is 0.311. The van der Waals surface area contributed by atoms with E-state index in [0.717, 1.165) is 18.4 Å². The van der Waals surface area contributed by atoms with Crippen molar-refractivity contribution in [2.24, 2.45) is 0 Å². The van der Waals surface area contributed by atoms with Gasteiger partial charge in [0.1, 0.15) is 0 Å². The van der Waals surface area contributed by atoms with E-state index >= 15 is 0 Å². The molecule has 0 unspecified atom stereocenters. The molecule has 0 aliphatic carbocycles. The molecule has 1 N–H and O–H groups in total. The third-order valence-electron chi connectivity index (χ3n) is 3.70. The number of aliphatic hydroxyl groups is 1. The topological polar surface area (TPSA) is 57.6 Å². The van der Waals surface area contributed by atoms with E-state index < -0.39 is 15.6 Å². The van der Waals surface area contributed by atoms with Gasteiger partial charge in [-0.15, -0.1) is 0 Å². The molecule has 0 amide bonds. The molecule has 0 spiro atoms. The lowest BCUT2D eigenvalue weighted by Crippen LogP contribution is -2.62. The van der Waals surface area contributed by atoms with Crippen LogP contribution >= 0.6 is 0 Å². The Hall–Kier alpha value is -0.910. The fraction of sp³-hybridized carbons (Fsp3) is 0.571. The van der Waals surface area contributed by atoms with Crippen molar-refractivity contribution in [1.29, 1.82) is 0 Å². The van der Waals surface area contributed by atoms with E-state index in [4.69, 9.17) is 0 Å². The van der Waals surface area contributed by atoms with Gasteiger partial charge in [-0.3, -0.25) is 0 Å². The van der Waals surface area contributed by atoms with E-state index in [1.165, 1.54) is 4.31 Å². The zero-order chi connectivity index (χ0) is 14.1. The lowest BCUT2D eigenvalue weighted by molar-refractivity contribution is -0.0613. The van der Waals surface area contributed by atoms with Gasteiger partial charge in [-0.2, -0.15) is 4.31 Å². The Morgan fingerprint density at radius 3 is 2.26 bits per heavy atom. The van der Waals surface area contributed by atoms with Gasteiger partial charge in [0.25, 0.3) is 0 Å². The molecule has 1 heterocycles. The molecule has 0 bridgehead atoms. The Morgan fingerprint density at radius 1 is 1.21 bits per heavy atom. The van der Waals surface area contributed by atoms with Crippen LogP contribution in [-0.2, 0) is 16.4 Å². The first-order chi connectivity index (χ1) is 8.91. The summed E-state index contributed by atoms with van der Waals surface area (Å²) in [6.45, 7) is 4.35. The summed E-state index contributed by atoms with van der Waals surface area (Å²) in [6, 6.07) is 7.04. The molecule has 4 nitrogen and oxygen atoms in total. The maximum absolute atomic E-state index is 12.3. The summed E-state index contributed by atoms with van der Waals surface area (Å²) in [5, 5.41) is 9.91. The van der Waals surface area contributed by atoms with Crippen LogP contribution in [0.3, 0.4) is 0 Å². The third kappa shape index (κ3) is 2.83. The number of hydrogen-bond acceptors (Lipinski definition) is 3. The molecule has 5 heteroatoms. The van der Waals surface area contributed by atoms with Crippen molar-refractivity contribution in [2.75, 3.05) is 13.1 Å². The van der Waals surface area contributed by atoms with Crippen molar-refractivity contribution in [2.45, 2.75) is 43.6 Å². The van der Waals surface area contributed by atoms with Gasteiger partial charge in [-0.1, -0.05) is 32.4 Å². The van der Waals surface area contributed by atoms with Crippen LogP contribution in [0.2, 0.25) is 0 Å². The maximum atomic E-state index is 12.3. The first-order valence-electron chi connectivity index (χ1n) is 6.73. The number of hydrogen-bond donors (Lipinski definition) is 1. The Morgan fingerprint density at radius 2 is 1.79 bits per heavy atom. The minimum atomic E-state index is -3.44. The maximum Gasteiger partial charge on any atom is 0.243 e. The first kappa shape index (κ1) is 14.5. The number of nitrogens with zero attached hydrogens (tertiary/aromatic N) is 1. The minimum Gasteiger partial charge on any atom is -0.387 e. The molecule has 0 radical (unpaired) electrons. The second kappa shape index (κ2) is 5.23.